The molecule has 1 aliphatic rings. The molecule has 1 saturated heterocycles. The smallest absolute Gasteiger partial charge is 0.198 e. The predicted octanol–water partition coefficient (Wildman–Crippen LogP) is 4.21. The van der Waals surface area contributed by atoms with Gasteiger partial charge in [-0.3, -0.25) is 14.5 Å². The van der Waals surface area contributed by atoms with Gasteiger partial charge in [-0.15, -0.1) is 0 Å². The van der Waals surface area contributed by atoms with Gasteiger partial charge in [-0.05, 0) is 70.1 Å². The molecule has 10 nitrogen and oxygen atoms in total. The second-order valence-electron chi connectivity index (χ2n) is 9.88. The Hall–Kier alpha value is -3.76. The second kappa shape index (κ2) is 14.4. The highest BCUT2D eigenvalue weighted by Gasteiger charge is 2.23. The van der Waals surface area contributed by atoms with E-state index >= 15 is 0 Å². The number of nitrogens with zero attached hydrogens (tertiary/aromatic N) is 5. The molecule has 1 aliphatic heterocycles. The van der Waals surface area contributed by atoms with Gasteiger partial charge in [0.1, 0.15) is 12.0 Å². The highest BCUT2D eigenvalue weighted by Crippen LogP contribution is 2.31. The van der Waals surface area contributed by atoms with Crippen LogP contribution < -0.4 is 11.1 Å². The van der Waals surface area contributed by atoms with Crippen LogP contribution in [0.5, 0.6) is 5.88 Å². The van der Waals surface area contributed by atoms with Gasteiger partial charge in [0.2, 0.25) is 0 Å². The first kappa shape index (κ1) is 29.8. The van der Waals surface area contributed by atoms with Crippen molar-refractivity contribution in [2.75, 3.05) is 33.7 Å². The summed E-state index contributed by atoms with van der Waals surface area (Å²) in [5.41, 5.74) is 9.78. The molecule has 3 heterocycles. The Labute approximate surface area is 230 Å². The van der Waals surface area contributed by atoms with Gasteiger partial charge in [-0.1, -0.05) is 6.92 Å². The summed E-state index contributed by atoms with van der Waals surface area (Å²) in [7, 11) is 3.59. The van der Waals surface area contributed by atoms with Crippen molar-refractivity contribution in [3.8, 4) is 5.88 Å². The summed E-state index contributed by atoms with van der Waals surface area (Å²) in [4.78, 5) is 25.3. The molecule has 39 heavy (non-hydrogen) atoms. The zero-order valence-corrected chi connectivity index (χ0v) is 23.7. The maximum Gasteiger partial charge on any atom is 0.198 e. The molecular formula is C29H42N8O2. The summed E-state index contributed by atoms with van der Waals surface area (Å²) >= 11 is 0. The maximum atomic E-state index is 11.2. The fraction of sp³-hybridized carbons (Fsp3) is 0.448. The molecular weight excluding hydrogens is 492 g/mol. The topological polar surface area (TPSA) is 137 Å². The van der Waals surface area contributed by atoms with E-state index in [9.17, 15) is 9.90 Å². The van der Waals surface area contributed by atoms with Gasteiger partial charge in [0.05, 0.1) is 29.7 Å². The van der Waals surface area contributed by atoms with E-state index in [1.165, 1.54) is 0 Å². The number of piperidine rings is 1. The van der Waals surface area contributed by atoms with Gasteiger partial charge in [-0.2, -0.15) is 5.10 Å². The van der Waals surface area contributed by atoms with E-state index in [0.29, 0.717) is 29.6 Å². The molecule has 210 valence electrons. The van der Waals surface area contributed by atoms with Crippen LogP contribution >= 0.6 is 0 Å². The minimum Gasteiger partial charge on any atom is -0.494 e. The maximum absolute atomic E-state index is 11.2. The summed E-state index contributed by atoms with van der Waals surface area (Å²) in [6, 6.07) is 6.29. The fourth-order valence-electron chi connectivity index (χ4n) is 4.80. The van der Waals surface area contributed by atoms with Gasteiger partial charge in [0.15, 0.2) is 5.88 Å². The number of carbonyl (C=O) groups is 1. The van der Waals surface area contributed by atoms with E-state index in [2.05, 4.69) is 39.1 Å². The number of nitrogens with two attached hydrogens (primary N) is 1. The summed E-state index contributed by atoms with van der Waals surface area (Å²) in [6.45, 7) is 9.43. The summed E-state index contributed by atoms with van der Waals surface area (Å²) in [5.74, 6) is 0.0714. The number of nitrogens with one attached hydrogen (secondary N) is 2. The molecule has 1 aromatic carbocycles. The van der Waals surface area contributed by atoms with Crippen molar-refractivity contribution in [1.82, 2.24) is 25.0 Å². The van der Waals surface area contributed by atoms with Gasteiger partial charge < -0.3 is 26.0 Å². The van der Waals surface area contributed by atoms with Crippen molar-refractivity contribution in [1.29, 1.82) is 0 Å². The number of aromatic hydroxyl groups is 1. The molecule has 1 fully saturated rings. The Morgan fingerprint density at radius 1 is 1.33 bits per heavy atom. The zero-order valence-electron chi connectivity index (χ0n) is 23.7. The Kier molecular flexibility index (Phi) is 11.0. The SMILES string of the molecule is CCC(=Nc1cnn(C2CCN(C(C)C)CC2)c1)c1c(O)[nH]c2ccc(C=O)cc12.CN=C/C(=C\N)CNC. The van der Waals surface area contributed by atoms with Gasteiger partial charge >= 0.3 is 0 Å². The quantitative estimate of drug-likeness (QED) is 0.240. The first-order chi connectivity index (χ1) is 18.8. The monoisotopic (exact) mass is 534 g/mol. The Morgan fingerprint density at radius 2 is 2.08 bits per heavy atom. The number of aromatic nitrogens is 3. The van der Waals surface area contributed by atoms with E-state index in [4.69, 9.17) is 10.7 Å². The first-order valence-corrected chi connectivity index (χ1v) is 13.5. The third-order valence-corrected chi connectivity index (χ3v) is 6.91. The van der Waals surface area contributed by atoms with Crippen molar-refractivity contribution >= 4 is 34.8 Å². The largest absolute Gasteiger partial charge is 0.494 e. The van der Waals surface area contributed by atoms with Crippen LogP contribution in [0, 0.1) is 0 Å². The molecule has 5 N–H and O–H groups in total. The second-order valence-corrected chi connectivity index (χ2v) is 9.88. The fourth-order valence-corrected chi connectivity index (χ4v) is 4.80. The van der Waals surface area contributed by atoms with E-state index < -0.39 is 0 Å². The lowest BCUT2D eigenvalue weighted by Gasteiger charge is -2.34. The summed E-state index contributed by atoms with van der Waals surface area (Å²) < 4.78 is 2.03. The summed E-state index contributed by atoms with van der Waals surface area (Å²) in [5, 5.41) is 18.8. The summed E-state index contributed by atoms with van der Waals surface area (Å²) in [6.07, 6.45) is 10.7. The molecule has 0 unspecified atom stereocenters. The molecule has 0 amide bonds. The van der Waals surface area contributed by atoms with Crippen LogP contribution in [0.15, 0.2) is 52.4 Å². The number of H-pyrrole nitrogens is 1. The number of rotatable bonds is 9. The normalized spacial score (nSPS) is 15.7. The van der Waals surface area contributed by atoms with Crippen LogP contribution in [-0.4, -0.2) is 82.8 Å². The molecule has 3 aromatic rings. The van der Waals surface area contributed by atoms with Crippen molar-refractivity contribution in [3.05, 3.63) is 53.5 Å². The Morgan fingerprint density at radius 3 is 2.67 bits per heavy atom. The number of hydrogen-bond acceptors (Lipinski definition) is 8. The third-order valence-electron chi connectivity index (χ3n) is 6.91. The third kappa shape index (κ3) is 7.64. The van der Waals surface area contributed by atoms with Crippen LogP contribution in [0.3, 0.4) is 0 Å². The first-order valence-electron chi connectivity index (χ1n) is 13.5. The zero-order chi connectivity index (χ0) is 28.4. The van der Waals surface area contributed by atoms with Crippen molar-refractivity contribution in [2.45, 2.75) is 52.1 Å². The number of aromatic amines is 1. The molecule has 0 atom stereocenters. The standard InChI is InChI=1S/C23H29N5O2.C6H13N3/c1-4-20(22-19-11-16(14-29)5-6-21(19)26-23(22)30)25-17-12-24-28(13-17)18-7-9-27(10-8-18)15(2)3;1-8-4-6(3-7)5-9-2/h5-6,11-15,18,26,30H,4,7-10H2,1-3H3;3-4,9H,5,7H2,1-2H3/b;6-3+,8-4?. The minimum atomic E-state index is 0.0714. The van der Waals surface area contributed by atoms with Crippen molar-refractivity contribution < 1.29 is 9.90 Å². The predicted molar refractivity (Wildman–Crippen MR) is 160 cm³/mol. The lowest BCUT2D eigenvalue weighted by atomic mass is 10.0. The lowest BCUT2D eigenvalue weighted by molar-refractivity contribution is 0.112. The molecule has 0 spiro atoms. The molecule has 0 radical (unpaired) electrons. The molecule has 4 rings (SSSR count). The molecule has 0 bridgehead atoms. The van der Waals surface area contributed by atoms with E-state index in [1.54, 1.807) is 43.9 Å². The van der Waals surface area contributed by atoms with Crippen LogP contribution in [0.1, 0.15) is 62.0 Å². The highest BCUT2D eigenvalue weighted by molar-refractivity contribution is 6.14. The van der Waals surface area contributed by atoms with Crippen LogP contribution in [0.25, 0.3) is 10.9 Å². The number of hydrogen-bond donors (Lipinski definition) is 4. The van der Waals surface area contributed by atoms with Crippen molar-refractivity contribution in [3.63, 3.8) is 0 Å². The lowest BCUT2D eigenvalue weighted by Crippen LogP contribution is -2.39. The van der Waals surface area contributed by atoms with E-state index in [-0.39, 0.29) is 5.88 Å². The van der Waals surface area contributed by atoms with Crippen LogP contribution in [0.2, 0.25) is 0 Å². The van der Waals surface area contributed by atoms with Gasteiger partial charge in [0.25, 0.3) is 0 Å². The number of likely N-dealkylation sites (N-methyl/N-ethyl adjacent to an activating group) is 1. The molecule has 0 aliphatic carbocycles. The molecule has 0 saturated carbocycles. The van der Waals surface area contributed by atoms with Gasteiger partial charge in [0, 0.05) is 55.4 Å². The van der Waals surface area contributed by atoms with Crippen LogP contribution in [0.4, 0.5) is 5.69 Å². The number of aliphatic imine (C=N–C) groups is 2. The van der Waals surface area contributed by atoms with E-state index in [0.717, 1.165) is 66.6 Å². The number of aldehydes is 1. The molecule has 2 aromatic heterocycles. The average molecular weight is 535 g/mol. The van der Waals surface area contributed by atoms with E-state index in [1.807, 2.05) is 24.9 Å². The van der Waals surface area contributed by atoms with Gasteiger partial charge in [-0.25, -0.2) is 4.99 Å². The molecule has 10 heteroatoms. The number of carbonyl (C=O) groups excluding carboxylic acids is 1. The number of fused-ring (bicyclic) bond motifs is 1. The minimum absolute atomic E-state index is 0.0714. The average Bonchev–Trinajstić information content (AvgIpc) is 3.55. The van der Waals surface area contributed by atoms with Crippen molar-refractivity contribution in [2.24, 2.45) is 15.7 Å². The Balaban J connectivity index is 0.000000403. The van der Waals surface area contributed by atoms with Crippen LogP contribution in [-0.2, 0) is 0 Å². The number of benzene rings is 1. The highest BCUT2D eigenvalue weighted by atomic mass is 16.3. The Bertz CT molecular complexity index is 1310. The number of likely N-dealkylation sites (tertiary alicyclic amines) is 1.